The zero-order valence-electron chi connectivity index (χ0n) is 10.2. The number of aryl methyl sites for hydroxylation is 1. The Bertz CT molecular complexity index is 607. The summed E-state index contributed by atoms with van der Waals surface area (Å²) < 4.78 is 0. The first-order chi connectivity index (χ1) is 9.08. The second-order valence-corrected chi connectivity index (χ2v) is 4.00. The zero-order chi connectivity index (χ0) is 13.8. The van der Waals surface area contributed by atoms with Crippen LogP contribution in [0.25, 0.3) is 0 Å². The van der Waals surface area contributed by atoms with Crippen molar-refractivity contribution < 1.29 is 9.72 Å². The zero-order valence-corrected chi connectivity index (χ0v) is 10.2. The van der Waals surface area contributed by atoms with Crippen LogP contribution in [0, 0.1) is 17.0 Å². The Hall–Kier alpha value is -2.70. The van der Waals surface area contributed by atoms with E-state index in [9.17, 15) is 14.9 Å². The molecule has 2 rings (SSSR count). The number of carbonyl (C=O) groups is 1. The molecule has 0 saturated carbocycles. The Morgan fingerprint density at radius 3 is 2.95 bits per heavy atom. The molecule has 1 amide bonds. The molecule has 2 N–H and O–H groups in total. The number of aromatic amines is 1. The number of amides is 1. The lowest BCUT2D eigenvalue weighted by molar-refractivity contribution is -0.385. The van der Waals surface area contributed by atoms with Crippen LogP contribution >= 0.6 is 0 Å². The molecule has 0 saturated heterocycles. The Balaban J connectivity index is 2.18. The molecule has 0 fully saturated rings. The number of H-pyrrole nitrogens is 1. The van der Waals surface area contributed by atoms with E-state index < -0.39 is 10.8 Å². The van der Waals surface area contributed by atoms with Crippen molar-refractivity contribution in [3.05, 3.63) is 57.7 Å². The number of carbonyl (C=O) groups excluding carboxylic acids is 1. The van der Waals surface area contributed by atoms with Gasteiger partial charge in [-0.3, -0.25) is 14.9 Å². The molecule has 0 unspecified atom stereocenters. The van der Waals surface area contributed by atoms with E-state index in [-0.39, 0.29) is 17.8 Å². The highest BCUT2D eigenvalue weighted by atomic mass is 16.6. The number of nitro groups is 1. The van der Waals surface area contributed by atoms with Crippen LogP contribution in [0.3, 0.4) is 0 Å². The number of hydrogen-bond acceptors (Lipinski definition) is 4. The number of benzene rings is 1. The molecule has 2 aromatic rings. The first-order valence-electron chi connectivity index (χ1n) is 5.59. The van der Waals surface area contributed by atoms with Gasteiger partial charge in [-0.2, -0.15) is 0 Å². The molecule has 0 atom stereocenters. The Labute approximate surface area is 108 Å². The predicted octanol–water partition coefficient (Wildman–Crippen LogP) is 1.56. The summed E-state index contributed by atoms with van der Waals surface area (Å²) in [7, 11) is 0. The van der Waals surface area contributed by atoms with Crippen LogP contribution in [0.4, 0.5) is 5.69 Å². The average molecular weight is 260 g/mol. The number of rotatable bonds is 4. The predicted molar refractivity (Wildman–Crippen MR) is 67.6 cm³/mol. The minimum Gasteiger partial charge on any atom is -0.347 e. The Morgan fingerprint density at radius 1 is 1.53 bits per heavy atom. The van der Waals surface area contributed by atoms with Crippen molar-refractivity contribution in [3.63, 3.8) is 0 Å². The molecular weight excluding hydrogens is 248 g/mol. The lowest BCUT2D eigenvalue weighted by Gasteiger charge is -2.05. The van der Waals surface area contributed by atoms with Gasteiger partial charge in [0.2, 0.25) is 0 Å². The fraction of sp³-hybridized carbons (Fsp3) is 0.167. The molecule has 7 heteroatoms. The van der Waals surface area contributed by atoms with Crippen molar-refractivity contribution in [1.82, 2.24) is 15.3 Å². The quantitative estimate of drug-likeness (QED) is 0.643. The van der Waals surface area contributed by atoms with E-state index in [1.54, 1.807) is 25.4 Å². The maximum atomic E-state index is 12.0. The van der Waals surface area contributed by atoms with Gasteiger partial charge >= 0.3 is 0 Å². The van der Waals surface area contributed by atoms with Crippen LogP contribution < -0.4 is 5.32 Å². The number of nitrogens with zero attached hydrogens (tertiary/aromatic N) is 2. The van der Waals surface area contributed by atoms with E-state index in [0.717, 1.165) is 5.56 Å². The van der Waals surface area contributed by atoms with Crippen molar-refractivity contribution in [3.8, 4) is 0 Å². The van der Waals surface area contributed by atoms with Crippen molar-refractivity contribution >= 4 is 11.6 Å². The Morgan fingerprint density at radius 2 is 2.32 bits per heavy atom. The first-order valence-corrected chi connectivity index (χ1v) is 5.59. The number of hydrogen-bond donors (Lipinski definition) is 2. The molecule has 0 radical (unpaired) electrons. The topological polar surface area (TPSA) is 101 Å². The SMILES string of the molecule is Cc1ccc([N+](=O)[O-])c(C(=O)NCc2ncc[nH]2)c1. The highest BCUT2D eigenvalue weighted by Gasteiger charge is 2.19. The van der Waals surface area contributed by atoms with Crippen LogP contribution in [0.15, 0.2) is 30.6 Å². The summed E-state index contributed by atoms with van der Waals surface area (Å²) in [4.78, 5) is 29.1. The molecule has 0 bridgehead atoms. The molecule has 0 spiro atoms. The van der Waals surface area contributed by atoms with Crippen LogP contribution in [-0.4, -0.2) is 20.8 Å². The summed E-state index contributed by atoms with van der Waals surface area (Å²) in [6.45, 7) is 1.96. The van der Waals surface area contributed by atoms with Gasteiger partial charge in [0, 0.05) is 18.5 Å². The number of nitro benzene ring substituents is 1. The fourth-order valence-electron chi connectivity index (χ4n) is 1.64. The highest BCUT2D eigenvalue weighted by Crippen LogP contribution is 2.19. The van der Waals surface area contributed by atoms with Gasteiger partial charge in [-0.05, 0) is 18.6 Å². The summed E-state index contributed by atoms with van der Waals surface area (Å²) in [6.07, 6.45) is 3.20. The van der Waals surface area contributed by atoms with E-state index in [1.807, 2.05) is 0 Å². The second-order valence-electron chi connectivity index (χ2n) is 4.00. The molecule has 1 aromatic heterocycles. The lowest BCUT2D eigenvalue weighted by Crippen LogP contribution is -2.24. The van der Waals surface area contributed by atoms with Crippen LogP contribution in [0.5, 0.6) is 0 Å². The number of nitrogens with one attached hydrogen (secondary N) is 2. The van der Waals surface area contributed by atoms with Crippen molar-refractivity contribution in [2.75, 3.05) is 0 Å². The third-order valence-corrected chi connectivity index (χ3v) is 2.56. The third kappa shape index (κ3) is 2.95. The maximum Gasteiger partial charge on any atom is 0.282 e. The number of aromatic nitrogens is 2. The van der Waals surface area contributed by atoms with Crippen LogP contribution in [0.1, 0.15) is 21.7 Å². The largest absolute Gasteiger partial charge is 0.347 e. The monoisotopic (exact) mass is 260 g/mol. The van der Waals surface area contributed by atoms with Gasteiger partial charge in [0.05, 0.1) is 11.5 Å². The number of imidazole rings is 1. The van der Waals surface area contributed by atoms with Gasteiger partial charge in [-0.15, -0.1) is 0 Å². The second kappa shape index (κ2) is 5.30. The van der Waals surface area contributed by atoms with Crippen molar-refractivity contribution in [2.24, 2.45) is 0 Å². The Kier molecular flexibility index (Phi) is 3.56. The van der Waals surface area contributed by atoms with E-state index in [0.29, 0.717) is 5.82 Å². The van der Waals surface area contributed by atoms with Gasteiger partial charge in [0.15, 0.2) is 0 Å². The van der Waals surface area contributed by atoms with E-state index in [4.69, 9.17) is 0 Å². The maximum absolute atomic E-state index is 12.0. The van der Waals surface area contributed by atoms with Crippen molar-refractivity contribution in [2.45, 2.75) is 13.5 Å². The summed E-state index contributed by atoms with van der Waals surface area (Å²) in [5, 5.41) is 13.5. The molecule has 1 heterocycles. The van der Waals surface area contributed by atoms with Gasteiger partial charge in [-0.1, -0.05) is 6.07 Å². The standard InChI is InChI=1S/C12H12N4O3/c1-8-2-3-10(16(18)19)9(6-8)12(17)15-7-11-13-4-5-14-11/h2-6H,7H2,1H3,(H,13,14)(H,15,17). The first kappa shape index (κ1) is 12.7. The van der Waals surface area contributed by atoms with E-state index in [1.165, 1.54) is 12.1 Å². The minimum absolute atomic E-state index is 0.0524. The van der Waals surface area contributed by atoms with Gasteiger partial charge < -0.3 is 10.3 Å². The molecule has 0 aliphatic heterocycles. The van der Waals surface area contributed by atoms with E-state index >= 15 is 0 Å². The molecular formula is C12H12N4O3. The van der Waals surface area contributed by atoms with Gasteiger partial charge in [0.1, 0.15) is 11.4 Å². The highest BCUT2D eigenvalue weighted by molar-refractivity contribution is 5.98. The minimum atomic E-state index is -0.568. The molecule has 0 aliphatic carbocycles. The summed E-state index contributed by atoms with van der Waals surface area (Å²) in [5.74, 6) is 0.0930. The lowest BCUT2D eigenvalue weighted by atomic mass is 10.1. The smallest absolute Gasteiger partial charge is 0.282 e. The van der Waals surface area contributed by atoms with Gasteiger partial charge in [-0.25, -0.2) is 4.98 Å². The molecule has 7 nitrogen and oxygen atoms in total. The molecule has 98 valence electrons. The molecule has 0 aliphatic rings. The summed E-state index contributed by atoms with van der Waals surface area (Å²) in [6, 6.07) is 4.42. The fourth-order valence-corrected chi connectivity index (χ4v) is 1.64. The van der Waals surface area contributed by atoms with E-state index in [2.05, 4.69) is 15.3 Å². The van der Waals surface area contributed by atoms with Crippen molar-refractivity contribution in [1.29, 1.82) is 0 Å². The molecule has 19 heavy (non-hydrogen) atoms. The average Bonchev–Trinajstić information content (AvgIpc) is 2.88. The van der Waals surface area contributed by atoms with Crippen LogP contribution in [-0.2, 0) is 6.54 Å². The molecule has 1 aromatic carbocycles. The third-order valence-electron chi connectivity index (χ3n) is 2.56. The normalized spacial score (nSPS) is 10.2. The van der Waals surface area contributed by atoms with Crippen LogP contribution in [0.2, 0.25) is 0 Å². The summed E-state index contributed by atoms with van der Waals surface area (Å²) >= 11 is 0. The summed E-state index contributed by atoms with van der Waals surface area (Å²) in [5.41, 5.74) is 0.632. The van der Waals surface area contributed by atoms with Gasteiger partial charge in [0.25, 0.3) is 11.6 Å².